The standard InChI is InChI=1S/C9H19ClO6/c1-7(14,4-11)5(12)8(2,15)6(13)9(3,10)16/h5-6,11-16H,4H2,1-3H3/t5-,6-,7-,8+,9?/m1/s1. The molecular weight excluding hydrogens is 240 g/mol. The van der Waals surface area contributed by atoms with Crippen LogP contribution in [0.5, 0.6) is 0 Å². The maximum Gasteiger partial charge on any atom is 0.164 e. The van der Waals surface area contributed by atoms with E-state index in [0.29, 0.717) is 0 Å². The Bertz CT molecular complexity index is 235. The number of halogens is 1. The fourth-order valence-corrected chi connectivity index (χ4v) is 1.62. The Morgan fingerprint density at radius 2 is 1.38 bits per heavy atom. The van der Waals surface area contributed by atoms with Gasteiger partial charge in [-0.2, -0.15) is 0 Å². The lowest BCUT2D eigenvalue weighted by molar-refractivity contribution is -0.225. The second kappa shape index (κ2) is 4.73. The Morgan fingerprint density at radius 3 is 1.62 bits per heavy atom. The summed E-state index contributed by atoms with van der Waals surface area (Å²) in [5, 5.41) is 54.5. The number of hydrogen-bond acceptors (Lipinski definition) is 6. The van der Waals surface area contributed by atoms with Crippen LogP contribution in [0.25, 0.3) is 0 Å². The fourth-order valence-electron chi connectivity index (χ4n) is 1.40. The maximum absolute atomic E-state index is 9.84. The summed E-state index contributed by atoms with van der Waals surface area (Å²) in [6, 6.07) is 0. The van der Waals surface area contributed by atoms with E-state index in [9.17, 15) is 25.5 Å². The first-order valence-corrected chi connectivity index (χ1v) is 5.08. The molecule has 0 saturated carbocycles. The zero-order valence-corrected chi connectivity index (χ0v) is 10.2. The number of hydrogen-bond donors (Lipinski definition) is 6. The largest absolute Gasteiger partial charge is 0.393 e. The monoisotopic (exact) mass is 258 g/mol. The first kappa shape index (κ1) is 16.1. The smallest absolute Gasteiger partial charge is 0.164 e. The van der Waals surface area contributed by atoms with Crippen molar-refractivity contribution in [2.24, 2.45) is 0 Å². The SMILES string of the molecule is CC(O)(Cl)[C@H](O)[C@@](C)(O)[C@H](O)[C@](C)(O)CO. The van der Waals surface area contributed by atoms with Crippen molar-refractivity contribution in [2.45, 2.75) is 49.2 Å². The highest BCUT2D eigenvalue weighted by molar-refractivity contribution is 6.22. The van der Waals surface area contributed by atoms with Gasteiger partial charge in [0.15, 0.2) is 5.06 Å². The number of aliphatic hydroxyl groups excluding tert-OH is 3. The van der Waals surface area contributed by atoms with Crippen molar-refractivity contribution >= 4 is 11.6 Å². The van der Waals surface area contributed by atoms with Crippen LogP contribution < -0.4 is 0 Å². The van der Waals surface area contributed by atoms with E-state index in [-0.39, 0.29) is 0 Å². The van der Waals surface area contributed by atoms with E-state index in [1.807, 2.05) is 0 Å². The summed E-state index contributed by atoms with van der Waals surface area (Å²) >= 11 is 5.40. The molecule has 16 heavy (non-hydrogen) atoms. The van der Waals surface area contributed by atoms with Gasteiger partial charge in [-0.1, -0.05) is 11.6 Å². The second-order valence-corrected chi connectivity index (χ2v) is 5.34. The predicted molar refractivity (Wildman–Crippen MR) is 56.8 cm³/mol. The second-order valence-electron chi connectivity index (χ2n) is 4.57. The summed E-state index contributed by atoms with van der Waals surface area (Å²) in [5.41, 5.74) is -4.33. The van der Waals surface area contributed by atoms with Gasteiger partial charge in [0.25, 0.3) is 0 Å². The van der Waals surface area contributed by atoms with Crippen molar-refractivity contribution in [1.82, 2.24) is 0 Å². The van der Waals surface area contributed by atoms with Gasteiger partial charge in [0.05, 0.1) is 6.61 Å². The molecule has 98 valence electrons. The molecule has 0 amide bonds. The van der Waals surface area contributed by atoms with Crippen LogP contribution in [0.3, 0.4) is 0 Å². The van der Waals surface area contributed by atoms with Crippen LogP contribution in [0.1, 0.15) is 20.8 Å². The van der Waals surface area contributed by atoms with Crippen LogP contribution in [0, 0.1) is 0 Å². The van der Waals surface area contributed by atoms with Crippen molar-refractivity contribution in [1.29, 1.82) is 0 Å². The van der Waals surface area contributed by atoms with E-state index in [4.69, 9.17) is 16.7 Å². The Hall–Kier alpha value is 0.0500. The van der Waals surface area contributed by atoms with E-state index in [1.165, 1.54) is 0 Å². The minimum atomic E-state index is -2.29. The van der Waals surface area contributed by atoms with Gasteiger partial charge < -0.3 is 30.6 Å². The van der Waals surface area contributed by atoms with E-state index in [2.05, 4.69) is 0 Å². The van der Waals surface area contributed by atoms with Gasteiger partial charge in [-0.05, 0) is 20.8 Å². The zero-order chi connectivity index (χ0) is 13.4. The molecule has 0 aliphatic rings. The van der Waals surface area contributed by atoms with Gasteiger partial charge in [0.2, 0.25) is 0 Å². The lowest BCUT2D eigenvalue weighted by atomic mass is 9.81. The molecule has 0 rings (SSSR count). The molecular formula is C9H19ClO6. The molecule has 0 saturated heterocycles. The lowest BCUT2D eigenvalue weighted by Gasteiger charge is -2.43. The van der Waals surface area contributed by atoms with E-state index in [0.717, 1.165) is 20.8 Å². The number of alkyl halides is 1. The summed E-state index contributed by atoms with van der Waals surface area (Å²) in [6.07, 6.45) is -3.82. The van der Waals surface area contributed by atoms with Crippen molar-refractivity contribution in [3.8, 4) is 0 Å². The van der Waals surface area contributed by atoms with Crippen LogP contribution in [0.15, 0.2) is 0 Å². The van der Waals surface area contributed by atoms with Crippen molar-refractivity contribution in [3.63, 3.8) is 0 Å². The van der Waals surface area contributed by atoms with Crippen LogP contribution >= 0.6 is 11.6 Å². The topological polar surface area (TPSA) is 121 Å². The number of rotatable bonds is 5. The minimum Gasteiger partial charge on any atom is -0.393 e. The van der Waals surface area contributed by atoms with Gasteiger partial charge in [0, 0.05) is 0 Å². The molecule has 0 aliphatic heterocycles. The van der Waals surface area contributed by atoms with E-state index < -0.39 is 35.1 Å². The highest BCUT2D eigenvalue weighted by atomic mass is 35.5. The van der Waals surface area contributed by atoms with Gasteiger partial charge in [-0.15, -0.1) is 0 Å². The molecule has 0 radical (unpaired) electrons. The lowest BCUT2D eigenvalue weighted by Crippen LogP contribution is -2.64. The maximum atomic E-state index is 9.84. The molecule has 0 aromatic rings. The molecule has 7 heteroatoms. The molecule has 6 N–H and O–H groups in total. The Balaban J connectivity index is 5.06. The van der Waals surface area contributed by atoms with Crippen LogP contribution in [-0.2, 0) is 0 Å². The van der Waals surface area contributed by atoms with Crippen LogP contribution in [0.4, 0.5) is 0 Å². The summed E-state index contributed by atoms with van der Waals surface area (Å²) in [7, 11) is 0. The molecule has 6 nitrogen and oxygen atoms in total. The summed E-state index contributed by atoms with van der Waals surface area (Å²) in [5.74, 6) is 0. The first-order valence-electron chi connectivity index (χ1n) is 4.70. The highest BCUT2D eigenvalue weighted by Gasteiger charge is 2.52. The van der Waals surface area contributed by atoms with Gasteiger partial charge in [-0.3, -0.25) is 0 Å². The van der Waals surface area contributed by atoms with Gasteiger partial charge >= 0.3 is 0 Å². The summed E-state index contributed by atoms with van der Waals surface area (Å²) in [4.78, 5) is 0. The van der Waals surface area contributed by atoms with E-state index in [1.54, 1.807) is 0 Å². The van der Waals surface area contributed by atoms with Gasteiger partial charge in [-0.25, -0.2) is 0 Å². The molecule has 0 bridgehead atoms. The molecule has 0 fully saturated rings. The van der Waals surface area contributed by atoms with Crippen molar-refractivity contribution in [2.75, 3.05) is 6.61 Å². The molecule has 0 aromatic carbocycles. The molecule has 5 atom stereocenters. The van der Waals surface area contributed by atoms with E-state index >= 15 is 0 Å². The summed E-state index contributed by atoms with van der Waals surface area (Å²) in [6.45, 7) is 2.25. The molecule has 0 aliphatic carbocycles. The Labute approximate surface area is 98.7 Å². The number of aliphatic hydroxyl groups is 6. The predicted octanol–water partition coefficient (Wildman–Crippen LogP) is -1.85. The van der Waals surface area contributed by atoms with Crippen LogP contribution in [0.2, 0.25) is 0 Å². The average Bonchev–Trinajstić information content (AvgIpc) is 2.13. The Kier molecular flexibility index (Phi) is 4.75. The molecule has 1 unspecified atom stereocenters. The third-order valence-electron chi connectivity index (χ3n) is 2.52. The third kappa shape index (κ3) is 3.27. The van der Waals surface area contributed by atoms with Crippen molar-refractivity contribution < 1.29 is 30.6 Å². The first-order chi connectivity index (χ1) is 6.87. The summed E-state index contributed by atoms with van der Waals surface area (Å²) < 4.78 is 0. The van der Waals surface area contributed by atoms with Gasteiger partial charge in [0.1, 0.15) is 23.4 Å². The minimum absolute atomic E-state index is 0.832. The fraction of sp³-hybridized carbons (Fsp3) is 1.00. The average molecular weight is 259 g/mol. The zero-order valence-electron chi connectivity index (χ0n) is 9.42. The van der Waals surface area contributed by atoms with Crippen LogP contribution in [-0.4, -0.2) is 65.7 Å². The molecule has 0 aromatic heterocycles. The third-order valence-corrected chi connectivity index (χ3v) is 2.72. The molecule has 0 heterocycles. The molecule has 0 spiro atoms. The van der Waals surface area contributed by atoms with Crippen molar-refractivity contribution in [3.05, 3.63) is 0 Å². The normalized spacial score (nSPS) is 27.4. The Morgan fingerprint density at radius 1 is 1.00 bits per heavy atom. The quantitative estimate of drug-likeness (QED) is 0.322. The highest BCUT2D eigenvalue weighted by Crippen LogP contribution is 2.31.